The van der Waals surface area contributed by atoms with E-state index in [4.69, 9.17) is 0 Å². The summed E-state index contributed by atoms with van der Waals surface area (Å²) < 4.78 is 0. The molecule has 2 atom stereocenters. The Morgan fingerprint density at radius 3 is 2.69 bits per heavy atom. The molecule has 1 saturated carbocycles. The van der Waals surface area contributed by atoms with Gasteiger partial charge in [0.1, 0.15) is 0 Å². The summed E-state index contributed by atoms with van der Waals surface area (Å²) in [5, 5.41) is 9.41. The molecule has 76 valence electrons. The Morgan fingerprint density at radius 1 is 1.62 bits per heavy atom. The van der Waals surface area contributed by atoms with Crippen LogP contribution in [0.15, 0.2) is 12.2 Å². The van der Waals surface area contributed by atoms with Crippen molar-refractivity contribution < 1.29 is 5.11 Å². The van der Waals surface area contributed by atoms with Gasteiger partial charge in [0.2, 0.25) is 0 Å². The summed E-state index contributed by atoms with van der Waals surface area (Å²) in [6.07, 6.45) is 4.37. The summed E-state index contributed by atoms with van der Waals surface area (Å²) >= 11 is 0. The van der Waals surface area contributed by atoms with Crippen LogP contribution >= 0.6 is 0 Å². The zero-order chi connectivity index (χ0) is 10.1. The minimum absolute atomic E-state index is 0.195. The molecule has 1 aliphatic rings. The van der Waals surface area contributed by atoms with Crippen molar-refractivity contribution >= 4 is 0 Å². The van der Waals surface area contributed by atoms with Gasteiger partial charge in [0.25, 0.3) is 0 Å². The first-order valence-corrected chi connectivity index (χ1v) is 5.29. The molecule has 1 nitrogen and oxygen atoms in total. The standard InChI is InChI=1S/C12H22O/c1-9-6-5-7-12(3,4)11(9)8-10(2)13/h10-11,13H,1,5-8H2,2-4H3. The first-order chi connectivity index (χ1) is 5.93. The lowest BCUT2D eigenvalue weighted by Crippen LogP contribution is -2.31. The number of hydrogen-bond donors (Lipinski definition) is 1. The third kappa shape index (κ3) is 2.57. The molecule has 0 aliphatic heterocycles. The van der Waals surface area contributed by atoms with Crippen LogP contribution < -0.4 is 0 Å². The summed E-state index contributed by atoms with van der Waals surface area (Å²) in [4.78, 5) is 0. The largest absolute Gasteiger partial charge is 0.393 e. The molecule has 1 rings (SSSR count). The summed E-state index contributed by atoms with van der Waals surface area (Å²) in [6, 6.07) is 0. The van der Waals surface area contributed by atoms with Crippen LogP contribution in [-0.4, -0.2) is 11.2 Å². The lowest BCUT2D eigenvalue weighted by atomic mass is 9.65. The molecule has 1 fully saturated rings. The Labute approximate surface area is 81.9 Å². The monoisotopic (exact) mass is 182 g/mol. The lowest BCUT2D eigenvalue weighted by molar-refractivity contribution is 0.104. The SMILES string of the molecule is C=C1CCCC(C)(C)C1CC(C)O. The molecule has 0 aromatic heterocycles. The molecule has 1 aliphatic carbocycles. The highest BCUT2D eigenvalue weighted by Crippen LogP contribution is 2.45. The van der Waals surface area contributed by atoms with E-state index in [2.05, 4.69) is 20.4 Å². The van der Waals surface area contributed by atoms with Gasteiger partial charge in [-0.25, -0.2) is 0 Å². The number of rotatable bonds is 2. The lowest BCUT2D eigenvalue weighted by Gasteiger charge is -2.41. The van der Waals surface area contributed by atoms with Crippen molar-refractivity contribution in [1.29, 1.82) is 0 Å². The molecule has 0 aromatic carbocycles. The Kier molecular flexibility index (Phi) is 3.18. The zero-order valence-corrected chi connectivity index (χ0v) is 9.14. The highest BCUT2D eigenvalue weighted by Gasteiger charge is 2.34. The fourth-order valence-corrected chi connectivity index (χ4v) is 2.50. The van der Waals surface area contributed by atoms with Gasteiger partial charge in [-0.3, -0.25) is 0 Å². The molecule has 0 bridgehead atoms. The zero-order valence-electron chi connectivity index (χ0n) is 9.14. The Bertz CT molecular complexity index is 191. The molecule has 0 amide bonds. The van der Waals surface area contributed by atoms with Crippen LogP contribution in [0.3, 0.4) is 0 Å². The van der Waals surface area contributed by atoms with E-state index >= 15 is 0 Å². The van der Waals surface area contributed by atoms with Gasteiger partial charge >= 0.3 is 0 Å². The van der Waals surface area contributed by atoms with Crippen molar-refractivity contribution in [3.8, 4) is 0 Å². The van der Waals surface area contributed by atoms with Gasteiger partial charge in [-0.05, 0) is 43.9 Å². The topological polar surface area (TPSA) is 20.2 Å². The van der Waals surface area contributed by atoms with Crippen molar-refractivity contribution in [2.45, 2.75) is 52.6 Å². The molecule has 0 saturated heterocycles. The van der Waals surface area contributed by atoms with Crippen LogP contribution in [0.2, 0.25) is 0 Å². The third-order valence-electron chi connectivity index (χ3n) is 3.33. The average molecular weight is 182 g/mol. The Balaban J connectivity index is 2.69. The van der Waals surface area contributed by atoms with Crippen LogP contribution in [0.5, 0.6) is 0 Å². The molecule has 1 heteroatoms. The van der Waals surface area contributed by atoms with Gasteiger partial charge in [0.05, 0.1) is 6.10 Å². The predicted molar refractivity (Wildman–Crippen MR) is 56.6 cm³/mol. The second-order valence-corrected chi connectivity index (χ2v) is 5.14. The van der Waals surface area contributed by atoms with Crippen molar-refractivity contribution in [3.05, 3.63) is 12.2 Å². The molecule has 0 radical (unpaired) electrons. The van der Waals surface area contributed by atoms with Crippen molar-refractivity contribution in [3.63, 3.8) is 0 Å². The summed E-state index contributed by atoms with van der Waals surface area (Å²) in [5.74, 6) is 0.515. The van der Waals surface area contributed by atoms with E-state index in [9.17, 15) is 5.11 Å². The molecule has 0 aromatic rings. The molecule has 13 heavy (non-hydrogen) atoms. The van der Waals surface area contributed by atoms with Crippen LogP contribution in [0.4, 0.5) is 0 Å². The van der Waals surface area contributed by atoms with Crippen molar-refractivity contribution in [1.82, 2.24) is 0 Å². The molecular weight excluding hydrogens is 160 g/mol. The second-order valence-electron chi connectivity index (χ2n) is 5.14. The summed E-state index contributed by atoms with van der Waals surface area (Å²) in [5.41, 5.74) is 1.68. The number of aliphatic hydroxyl groups is 1. The average Bonchev–Trinajstić information content (AvgIpc) is 1.96. The van der Waals surface area contributed by atoms with Gasteiger partial charge in [0.15, 0.2) is 0 Å². The smallest absolute Gasteiger partial charge is 0.0518 e. The van der Waals surface area contributed by atoms with Crippen LogP contribution in [0.25, 0.3) is 0 Å². The van der Waals surface area contributed by atoms with E-state index in [0.29, 0.717) is 11.3 Å². The maximum Gasteiger partial charge on any atom is 0.0518 e. The van der Waals surface area contributed by atoms with Crippen LogP contribution in [0.1, 0.15) is 46.5 Å². The quantitative estimate of drug-likeness (QED) is 0.650. The minimum atomic E-state index is -0.195. The van der Waals surface area contributed by atoms with Crippen LogP contribution in [-0.2, 0) is 0 Å². The van der Waals surface area contributed by atoms with Gasteiger partial charge in [-0.1, -0.05) is 26.0 Å². The number of hydrogen-bond acceptors (Lipinski definition) is 1. The first-order valence-electron chi connectivity index (χ1n) is 5.29. The maximum absolute atomic E-state index is 9.41. The van der Waals surface area contributed by atoms with E-state index in [1.54, 1.807) is 0 Å². The van der Waals surface area contributed by atoms with Gasteiger partial charge in [-0.15, -0.1) is 0 Å². The third-order valence-corrected chi connectivity index (χ3v) is 3.33. The normalized spacial score (nSPS) is 30.2. The Hall–Kier alpha value is -0.300. The van der Waals surface area contributed by atoms with Gasteiger partial charge in [-0.2, -0.15) is 0 Å². The Morgan fingerprint density at radius 2 is 2.23 bits per heavy atom. The summed E-state index contributed by atoms with van der Waals surface area (Å²) in [7, 11) is 0. The van der Waals surface area contributed by atoms with E-state index in [1.807, 2.05) is 6.92 Å². The molecule has 0 spiro atoms. The molecule has 2 unspecified atom stereocenters. The van der Waals surface area contributed by atoms with Crippen molar-refractivity contribution in [2.75, 3.05) is 0 Å². The van der Waals surface area contributed by atoms with Gasteiger partial charge in [0, 0.05) is 0 Å². The highest BCUT2D eigenvalue weighted by atomic mass is 16.3. The molecule has 1 N–H and O–H groups in total. The second kappa shape index (κ2) is 3.83. The maximum atomic E-state index is 9.41. The molecule has 0 heterocycles. The number of aliphatic hydroxyl groups excluding tert-OH is 1. The van der Waals surface area contributed by atoms with Gasteiger partial charge < -0.3 is 5.11 Å². The number of allylic oxidation sites excluding steroid dienone is 1. The minimum Gasteiger partial charge on any atom is -0.393 e. The fraction of sp³-hybridized carbons (Fsp3) is 0.833. The van der Waals surface area contributed by atoms with E-state index in [1.165, 1.54) is 18.4 Å². The fourth-order valence-electron chi connectivity index (χ4n) is 2.50. The van der Waals surface area contributed by atoms with E-state index in [-0.39, 0.29) is 6.10 Å². The van der Waals surface area contributed by atoms with Crippen molar-refractivity contribution in [2.24, 2.45) is 11.3 Å². The van der Waals surface area contributed by atoms with E-state index in [0.717, 1.165) is 12.8 Å². The van der Waals surface area contributed by atoms with E-state index < -0.39 is 0 Å². The van der Waals surface area contributed by atoms with Crippen LogP contribution in [0, 0.1) is 11.3 Å². The summed E-state index contributed by atoms with van der Waals surface area (Å²) in [6.45, 7) is 10.6. The predicted octanol–water partition coefficient (Wildman–Crippen LogP) is 3.14. The molecular formula is C12H22O. The highest BCUT2D eigenvalue weighted by molar-refractivity contribution is 5.09. The first kappa shape index (κ1) is 10.8.